The summed E-state index contributed by atoms with van der Waals surface area (Å²) in [5.74, 6) is -1.09. The molecule has 0 bridgehead atoms. The molecule has 0 radical (unpaired) electrons. The van der Waals surface area contributed by atoms with Crippen molar-refractivity contribution in [2.75, 3.05) is 0 Å². The van der Waals surface area contributed by atoms with Crippen molar-refractivity contribution in [3.05, 3.63) is 39.4 Å². The van der Waals surface area contributed by atoms with Crippen molar-refractivity contribution in [2.24, 2.45) is 0 Å². The van der Waals surface area contributed by atoms with Crippen LogP contribution in [0.3, 0.4) is 0 Å². The molecule has 2 N–H and O–H groups in total. The van der Waals surface area contributed by atoms with Gasteiger partial charge < -0.3 is 10.4 Å². The van der Waals surface area contributed by atoms with Crippen LogP contribution in [0.15, 0.2) is 23.8 Å². The number of benzene rings is 1. The predicted octanol–water partition coefficient (Wildman–Crippen LogP) is 2.27. The number of nitrogens with zero attached hydrogens (tertiary/aromatic N) is 2. The number of carbonyl (C=O) groups is 1. The number of phenols is 1. The number of aromatic hydroxyl groups is 1. The number of hydrogen-bond acceptors (Lipinski definition) is 5. The average molecular weight is 301 g/mol. The molecule has 0 spiro atoms. The first-order chi connectivity index (χ1) is 10.5. The summed E-state index contributed by atoms with van der Waals surface area (Å²) >= 11 is 0. The lowest BCUT2D eigenvalue weighted by atomic mass is 10.1. The van der Waals surface area contributed by atoms with Gasteiger partial charge in [-0.25, -0.2) is 0 Å². The summed E-state index contributed by atoms with van der Waals surface area (Å²) in [5, 5.41) is 32.5. The third kappa shape index (κ3) is 3.41. The molecule has 0 aromatic heterocycles. The highest BCUT2D eigenvalue weighted by molar-refractivity contribution is 6.02. The molecule has 114 valence electrons. The number of rotatable bonds is 4. The number of nitriles is 1. The number of carbonyl (C=O) groups excluding carboxylic acids is 1. The summed E-state index contributed by atoms with van der Waals surface area (Å²) in [7, 11) is 0. The van der Waals surface area contributed by atoms with E-state index in [0.29, 0.717) is 0 Å². The summed E-state index contributed by atoms with van der Waals surface area (Å²) in [5.41, 5.74) is -0.600. The van der Waals surface area contributed by atoms with Gasteiger partial charge in [0.05, 0.1) is 4.92 Å². The van der Waals surface area contributed by atoms with Crippen molar-refractivity contribution in [1.29, 1.82) is 5.26 Å². The summed E-state index contributed by atoms with van der Waals surface area (Å²) in [6.07, 6.45) is 5.01. The molecule has 1 aromatic rings. The lowest BCUT2D eigenvalue weighted by Gasteiger charge is -2.11. The predicted molar refractivity (Wildman–Crippen MR) is 78.7 cm³/mol. The molecule has 0 heterocycles. The van der Waals surface area contributed by atoms with Gasteiger partial charge in [-0.05, 0) is 18.9 Å². The molecule has 2 rings (SSSR count). The Bertz CT molecular complexity index is 670. The number of hydrogen-bond donors (Lipinski definition) is 2. The van der Waals surface area contributed by atoms with Crippen LogP contribution < -0.4 is 5.32 Å². The number of amides is 1. The Morgan fingerprint density at radius 3 is 2.73 bits per heavy atom. The molecule has 7 nitrogen and oxygen atoms in total. The second-order valence-corrected chi connectivity index (χ2v) is 5.10. The minimum atomic E-state index is -0.725. The smallest absolute Gasteiger partial charge is 0.311 e. The standard InChI is InChI=1S/C15H15N3O4/c16-9-11(15(20)17-12-5-1-2-6-12)8-10-4-3-7-13(14(10)19)18(21)22/h3-4,7-8,12,19H,1-2,5-6H2,(H,17,20)/b11-8-. The fourth-order valence-electron chi connectivity index (χ4n) is 2.45. The molecular weight excluding hydrogens is 286 g/mol. The minimum absolute atomic E-state index is 0.0583. The molecule has 1 amide bonds. The Morgan fingerprint density at radius 2 is 2.14 bits per heavy atom. The fraction of sp³-hybridized carbons (Fsp3) is 0.333. The summed E-state index contributed by atoms with van der Waals surface area (Å²) in [6, 6.07) is 5.76. The van der Waals surface area contributed by atoms with Crippen LogP contribution in [0.1, 0.15) is 31.2 Å². The number of nitrogens with one attached hydrogen (secondary N) is 1. The Morgan fingerprint density at radius 1 is 1.45 bits per heavy atom. The van der Waals surface area contributed by atoms with Crippen LogP contribution in [-0.2, 0) is 4.79 Å². The van der Waals surface area contributed by atoms with E-state index < -0.39 is 22.3 Å². The topological polar surface area (TPSA) is 116 Å². The van der Waals surface area contributed by atoms with E-state index in [1.165, 1.54) is 12.1 Å². The van der Waals surface area contributed by atoms with Crippen LogP contribution in [0.25, 0.3) is 6.08 Å². The van der Waals surface area contributed by atoms with Crippen LogP contribution in [-0.4, -0.2) is 22.0 Å². The van der Waals surface area contributed by atoms with Crippen molar-refractivity contribution in [3.8, 4) is 11.8 Å². The molecule has 22 heavy (non-hydrogen) atoms. The quantitative estimate of drug-likeness (QED) is 0.383. The van der Waals surface area contributed by atoms with E-state index in [9.17, 15) is 20.0 Å². The highest BCUT2D eigenvalue weighted by Crippen LogP contribution is 2.30. The number of nitro groups is 1. The Kier molecular flexibility index (Phi) is 4.73. The van der Waals surface area contributed by atoms with Crippen molar-refractivity contribution in [2.45, 2.75) is 31.7 Å². The highest BCUT2D eigenvalue weighted by Gasteiger charge is 2.21. The second kappa shape index (κ2) is 6.72. The molecule has 0 atom stereocenters. The monoisotopic (exact) mass is 301 g/mol. The number of para-hydroxylation sites is 1. The molecule has 1 aliphatic rings. The number of phenolic OH excluding ortho intramolecular Hbond substituents is 1. The zero-order valence-corrected chi connectivity index (χ0v) is 11.8. The average Bonchev–Trinajstić information content (AvgIpc) is 2.98. The van der Waals surface area contributed by atoms with Crippen LogP contribution in [0.4, 0.5) is 5.69 Å². The molecule has 0 aliphatic heterocycles. The fourth-order valence-corrected chi connectivity index (χ4v) is 2.45. The van der Waals surface area contributed by atoms with E-state index >= 15 is 0 Å². The van der Waals surface area contributed by atoms with E-state index in [0.717, 1.165) is 37.8 Å². The van der Waals surface area contributed by atoms with Crippen molar-refractivity contribution < 1.29 is 14.8 Å². The molecule has 1 aliphatic carbocycles. The second-order valence-electron chi connectivity index (χ2n) is 5.10. The molecule has 0 saturated heterocycles. The van der Waals surface area contributed by atoms with Crippen LogP contribution in [0.2, 0.25) is 0 Å². The van der Waals surface area contributed by atoms with Gasteiger partial charge in [-0.1, -0.05) is 25.0 Å². The van der Waals surface area contributed by atoms with E-state index in [4.69, 9.17) is 5.26 Å². The summed E-state index contributed by atoms with van der Waals surface area (Å²) in [6.45, 7) is 0. The van der Waals surface area contributed by atoms with Gasteiger partial charge in [0.1, 0.15) is 11.6 Å². The molecule has 1 fully saturated rings. The zero-order valence-electron chi connectivity index (χ0n) is 11.8. The largest absolute Gasteiger partial charge is 0.502 e. The zero-order chi connectivity index (χ0) is 16.1. The molecule has 1 saturated carbocycles. The van der Waals surface area contributed by atoms with Gasteiger partial charge in [0.15, 0.2) is 0 Å². The van der Waals surface area contributed by atoms with Gasteiger partial charge in [0, 0.05) is 17.7 Å². The first kappa shape index (κ1) is 15.5. The Hall–Kier alpha value is -2.88. The SMILES string of the molecule is N#C/C(=C/c1cccc([N+](=O)[O-])c1O)C(=O)NC1CCCC1. The Balaban J connectivity index is 2.25. The van der Waals surface area contributed by atoms with Gasteiger partial charge in [-0.2, -0.15) is 5.26 Å². The third-order valence-electron chi connectivity index (χ3n) is 3.60. The van der Waals surface area contributed by atoms with E-state index in [-0.39, 0.29) is 17.2 Å². The molecular formula is C15H15N3O4. The minimum Gasteiger partial charge on any atom is -0.502 e. The van der Waals surface area contributed by atoms with Gasteiger partial charge in [-0.3, -0.25) is 14.9 Å². The maximum atomic E-state index is 12.0. The van der Waals surface area contributed by atoms with Crippen molar-refractivity contribution >= 4 is 17.7 Å². The highest BCUT2D eigenvalue weighted by atomic mass is 16.6. The van der Waals surface area contributed by atoms with Crippen molar-refractivity contribution in [1.82, 2.24) is 5.32 Å². The van der Waals surface area contributed by atoms with E-state index in [1.54, 1.807) is 6.07 Å². The van der Waals surface area contributed by atoms with E-state index in [2.05, 4.69) is 5.32 Å². The van der Waals surface area contributed by atoms with Gasteiger partial charge in [0.25, 0.3) is 5.91 Å². The molecule has 0 unspecified atom stereocenters. The normalized spacial score (nSPS) is 15.3. The van der Waals surface area contributed by atoms with Crippen molar-refractivity contribution in [3.63, 3.8) is 0 Å². The van der Waals surface area contributed by atoms with Crippen LogP contribution in [0, 0.1) is 21.4 Å². The first-order valence-corrected chi connectivity index (χ1v) is 6.92. The maximum absolute atomic E-state index is 12.0. The lowest BCUT2D eigenvalue weighted by molar-refractivity contribution is -0.385. The summed E-state index contributed by atoms with van der Waals surface area (Å²) in [4.78, 5) is 22.1. The van der Waals surface area contributed by atoms with Gasteiger partial charge >= 0.3 is 5.69 Å². The third-order valence-corrected chi connectivity index (χ3v) is 3.60. The lowest BCUT2D eigenvalue weighted by Crippen LogP contribution is -2.33. The van der Waals surface area contributed by atoms with Gasteiger partial charge in [0.2, 0.25) is 5.75 Å². The Labute approximate surface area is 127 Å². The first-order valence-electron chi connectivity index (χ1n) is 6.92. The van der Waals surface area contributed by atoms with Crippen LogP contribution in [0.5, 0.6) is 5.75 Å². The summed E-state index contributed by atoms with van der Waals surface area (Å²) < 4.78 is 0. The maximum Gasteiger partial charge on any atom is 0.311 e. The molecule has 7 heteroatoms. The van der Waals surface area contributed by atoms with Crippen LogP contribution >= 0.6 is 0 Å². The van der Waals surface area contributed by atoms with E-state index in [1.807, 2.05) is 0 Å². The molecule has 1 aromatic carbocycles. The number of nitro benzene ring substituents is 1. The van der Waals surface area contributed by atoms with Gasteiger partial charge in [-0.15, -0.1) is 0 Å².